The van der Waals surface area contributed by atoms with Gasteiger partial charge in [-0.3, -0.25) is 4.57 Å². The van der Waals surface area contributed by atoms with Gasteiger partial charge < -0.3 is 10.1 Å². The lowest BCUT2D eigenvalue weighted by Gasteiger charge is -2.07. The van der Waals surface area contributed by atoms with Crippen molar-refractivity contribution < 1.29 is 4.74 Å². The lowest BCUT2D eigenvalue weighted by Crippen LogP contribution is -2.07. The predicted octanol–water partition coefficient (Wildman–Crippen LogP) is 1.17. The van der Waals surface area contributed by atoms with Crippen LogP contribution < -0.4 is 10.1 Å². The first kappa shape index (κ1) is 13.0. The van der Waals surface area contributed by atoms with Crippen LogP contribution in [0.25, 0.3) is 17.3 Å². The standard InChI is InChI=1S/C13H13N7O/c1-14-12-17-11(9-3-4-16-10(7-9)21-2)18-13(19-12)20-6-5-15-8-20/h3-8H,1-2H3,(H,14,17,18,19). The first-order chi connectivity index (χ1) is 10.3. The van der Waals surface area contributed by atoms with Gasteiger partial charge in [-0.1, -0.05) is 0 Å². The second-order valence-corrected chi connectivity index (χ2v) is 4.09. The molecule has 1 N–H and O–H groups in total. The van der Waals surface area contributed by atoms with Crippen LogP contribution in [0.15, 0.2) is 37.1 Å². The van der Waals surface area contributed by atoms with Crippen LogP contribution in [-0.4, -0.2) is 43.6 Å². The Bertz CT molecular complexity index is 742. The number of aromatic nitrogens is 6. The fourth-order valence-electron chi connectivity index (χ4n) is 1.76. The van der Waals surface area contributed by atoms with Gasteiger partial charge in [-0.05, 0) is 6.07 Å². The van der Waals surface area contributed by atoms with Crippen LogP contribution in [-0.2, 0) is 0 Å². The van der Waals surface area contributed by atoms with Crippen LogP contribution in [0, 0.1) is 0 Å². The van der Waals surface area contributed by atoms with Crippen LogP contribution in [0.5, 0.6) is 5.88 Å². The molecule has 0 aliphatic carbocycles. The maximum atomic E-state index is 5.12. The quantitative estimate of drug-likeness (QED) is 0.768. The number of ether oxygens (including phenoxy) is 1. The number of hydrogen-bond donors (Lipinski definition) is 1. The smallest absolute Gasteiger partial charge is 0.240 e. The minimum Gasteiger partial charge on any atom is -0.481 e. The molecule has 3 aromatic heterocycles. The normalized spacial score (nSPS) is 10.4. The summed E-state index contributed by atoms with van der Waals surface area (Å²) >= 11 is 0. The van der Waals surface area contributed by atoms with Crippen molar-refractivity contribution in [3.05, 3.63) is 37.1 Å². The zero-order valence-corrected chi connectivity index (χ0v) is 11.6. The number of nitrogens with one attached hydrogen (secondary N) is 1. The van der Waals surface area contributed by atoms with Crippen molar-refractivity contribution in [2.24, 2.45) is 0 Å². The molecule has 0 bridgehead atoms. The molecule has 0 radical (unpaired) electrons. The first-order valence-corrected chi connectivity index (χ1v) is 6.22. The van der Waals surface area contributed by atoms with Crippen molar-refractivity contribution in [2.75, 3.05) is 19.5 Å². The van der Waals surface area contributed by atoms with Crippen molar-refractivity contribution in [1.29, 1.82) is 0 Å². The van der Waals surface area contributed by atoms with Crippen LogP contribution in [0.4, 0.5) is 5.95 Å². The van der Waals surface area contributed by atoms with Crippen molar-refractivity contribution in [2.45, 2.75) is 0 Å². The Balaban J connectivity index is 2.11. The van der Waals surface area contributed by atoms with Gasteiger partial charge in [0, 0.05) is 37.3 Å². The van der Waals surface area contributed by atoms with Gasteiger partial charge in [0.05, 0.1) is 7.11 Å². The van der Waals surface area contributed by atoms with Gasteiger partial charge >= 0.3 is 0 Å². The summed E-state index contributed by atoms with van der Waals surface area (Å²) in [5.74, 6) is 1.99. The average molecular weight is 283 g/mol. The molecule has 0 aliphatic heterocycles. The summed E-state index contributed by atoms with van der Waals surface area (Å²) in [6.07, 6.45) is 6.71. The van der Waals surface area contributed by atoms with Gasteiger partial charge in [-0.25, -0.2) is 9.97 Å². The van der Waals surface area contributed by atoms with E-state index in [4.69, 9.17) is 4.74 Å². The van der Waals surface area contributed by atoms with Crippen LogP contribution in [0.2, 0.25) is 0 Å². The average Bonchev–Trinajstić information content (AvgIpc) is 3.09. The molecule has 0 aromatic carbocycles. The third-order valence-corrected chi connectivity index (χ3v) is 2.78. The highest BCUT2D eigenvalue weighted by Gasteiger charge is 2.10. The molecular formula is C13H13N7O. The number of anilines is 1. The van der Waals surface area contributed by atoms with Crippen molar-refractivity contribution in [1.82, 2.24) is 29.5 Å². The van der Waals surface area contributed by atoms with E-state index in [0.717, 1.165) is 5.56 Å². The van der Waals surface area contributed by atoms with Crippen LogP contribution in [0.3, 0.4) is 0 Å². The lowest BCUT2D eigenvalue weighted by atomic mass is 10.2. The van der Waals surface area contributed by atoms with E-state index in [0.29, 0.717) is 23.6 Å². The predicted molar refractivity (Wildman–Crippen MR) is 76.3 cm³/mol. The Hall–Kier alpha value is -3.03. The molecule has 0 atom stereocenters. The molecule has 3 heterocycles. The number of methoxy groups -OCH3 is 1. The van der Waals surface area contributed by atoms with Crippen LogP contribution in [0.1, 0.15) is 0 Å². The highest BCUT2D eigenvalue weighted by atomic mass is 16.5. The summed E-state index contributed by atoms with van der Waals surface area (Å²) in [5, 5.41) is 2.93. The topological polar surface area (TPSA) is 90.6 Å². The highest BCUT2D eigenvalue weighted by Crippen LogP contribution is 2.20. The third kappa shape index (κ3) is 2.64. The second kappa shape index (κ2) is 5.53. The molecule has 0 saturated heterocycles. The summed E-state index contributed by atoms with van der Waals surface area (Å²) in [4.78, 5) is 21.2. The SMILES string of the molecule is CNc1nc(-c2ccnc(OC)c2)nc(-n2ccnc2)n1. The van der Waals surface area contributed by atoms with Gasteiger partial charge in [0.1, 0.15) is 6.33 Å². The van der Waals surface area contributed by atoms with E-state index in [-0.39, 0.29) is 0 Å². The van der Waals surface area contributed by atoms with Gasteiger partial charge in [-0.2, -0.15) is 15.0 Å². The number of rotatable bonds is 4. The van der Waals surface area contributed by atoms with Crippen molar-refractivity contribution in [3.63, 3.8) is 0 Å². The Labute approximate surface area is 120 Å². The fourth-order valence-corrected chi connectivity index (χ4v) is 1.76. The molecule has 3 rings (SSSR count). The van der Waals surface area contributed by atoms with Gasteiger partial charge in [0.25, 0.3) is 0 Å². The van der Waals surface area contributed by atoms with E-state index < -0.39 is 0 Å². The van der Waals surface area contributed by atoms with E-state index in [1.54, 1.807) is 49.7 Å². The third-order valence-electron chi connectivity index (χ3n) is 2.78. The Kier molecular flexibility index (Phi) is 3.42. The molecular weight excluding hydrogens is 270 g/mol. The summed E-state index contributed by atoms with van der Waals surface area (Å²) in [6, 6.07) is 3.58. The largest absolute Gasteiger partial charge is 0.481 e. The van der Waals surface area contributed by atoms with Crippen molar-refractivity contribution in [3.8, 4) is 23.2 Å². The highest BCUT2D eigenvalue weighted by molar-refractivity contribution is 5.57. The minimum atomic E-state index is 0.472. The summed E-state index contributed by atoms with van der Waals surface area (Å²) in [5.41, 5.74) is 0.794. The zero-order chi connectivity index (χ0) is 14.7. The molecule has 3 aromatic rings. The summed E-state index contributed by atoms with van der Waals surface area (Å²) in [6.45, 7) is 0. The van der Waals surface area contributed by atoms with Gasteiger partial charge in [0.2, 0.25) is 17.8 Å². The maximum absolute atomic E-state index is 5.12. The summed E-state index contributed by atoms with van der Waals surface area (Å²) in [7, 11) is 3.32. The van der Waals surface area contributed by atoms with E-state index in [1.807, 2.05) is 6.07 Å². The molecule has 106 valence electrons. The molecule has 0 unspecified atom stereocenters. The number of hydrogen-bond acceptors (Lipinski definition) is 7. The van der Waals surface area contributed by atoms with E-state index in [2.05, 4.69) is 30.2 Å². The van der Waals surface area contributed by atoms with Crippen molar-refractivity contribution >= 4 is 5.95 Å². The molecule has 21 heavy (non-hydrogen) atoms. The summed E-state index contributed by atoms with van der Waals surface area (Å²) < 4.78 is 6.84. The molecule has 0 amide bonds. The molecule has 8 nitrogen and oxygen atoms in total. The molecule has 8 heteroatoms. The molecule has 0 spiro atoms. The zero-order valence-electron chi connectivity index (χ0n) is 11.6. The van der Waals surface area contributed by atoms with Gasteiger partial charge in [0.15, 0.2) is 5.82 Å². The Morgan fingerprint density at radius 1 is 1.19 bits per heavy atom. The Morgan fingerprint density at radius 2 is 2.10 bits per heavy atom. The number of pyridine rings is 1. The second-order valence-electron chi connectivity index (χ2n) is 4.09. The molecule has 0 fully saturated rings. The maximum Gasteiger partial charge on any atom is 0.240 e. The first-order valence-electron chi connectivity index (χ1n) is 6.22. The van der Waals surface area contributed by atoms with E-state index >= 15 is 0 Å². The van der Waals surface area contributed by atoms with Gasteiger partial charge in [-0.15, -0.1) is 0 Å². The Morgan fingerprint density at radius 3 is 2.81 bits per heavy atom. The van der Waals surface area contributed by atoms with E-state index in [1.165, 1.54) is 0 Å². The number of imidazole rings is 1. The van der Waals surface area contributed by atoms with E-state index in [9.17, 15) is 0 Å². The number of nitrogens with zero attached hydrogens (tertiary/aromatic N) is 6. The van der Waals surface area contributed by atoms with Crippen LogP contribution >= 0.6 is 0 Å². The molecule has 0 aliphatic rings. The minimum absolute atomic E-state index is 0.472. The molecule has 0 saturated carbocycles. The monoisotopic (exact) mass is 283 g/mol. The lowest BCUT2D eigenvalue weighted by molar-refractivity contribution is 0.398. The fraction of sp³-hybridized carbons (Fsp3) is 0.154.